The molecule has 0 rings (SSSR count). The normalized spacial score (nSPS) is 10.3. The summed E-state index contributed by atoms with van der Waals surface area (Å²) < 4.78 is 19.5. The van der Waals surface area contributed by atoms with Gasteiger partial charge in [-0.1, -0.05) is 26.7 Å². The van der Waals surface area contributed by atoms with Crippen LogP contribution in [-0.2, 0) is 9.05 Å². The van der Waals surface area contributed by atoms with E-state index in [1.807, 2.05) is 0 Å². The summed E-state index contributed by atoms with van der Waals surface area (Å²) >= 11 is 5.38. The van der Waals surface area contributed by atoms with E-state index in [1.165, 1.54) is 26.2 Å². The van der Waals surface area contributed by atoms with Crippen LogP contribution in [0.3, 0.4) is 0 Å². The molecule has 0 aliphatic rings. The van der Waals surface area contributed by atoms with E-state index in [0.717, 1.165) is 5.88 Å². The van der Waals surface area contributed by atoms with Gasteiger partial charge in [-0.25, -0.2) is 8.42 Å². The zero-order chi connectivity index (χ0) is 10.0. The zero-order valence-corrected chi connectivity index (χ0v) is 9.84. The Bertz CT molecular complexity index is 162. The molecular formula is C7H16Cl2O2S. The minimum absolute atomic E-state index is 0.00849. The molecule has 76 valence electrons. The highest BCUT2D eigenvalue weighted by molar-refractivity contribution is 8.13. The molecule has 0 atom stereocenters. The maximum atomic E-state index is 9.77. The molecule has 0 N–H and O–H groups in total. The van der Waals surface area contributed by atoms with Crippen molar-refractivity contribution in [1.82, 2.24) is 0 Å². The lowest BCUT2D eigenvalue weighted by Gasteiger charge is -1.84. The van der Waals surface area contributed by atoms with Gasteiger partial charge in [-0.15, -0.1) is 11.6 Å². The van der Waals surface area contributed by atoms with Gasteiger partial charge in [-0.2, -0.15) is 0 Å². The largest absolute Gasteiger partial charge is 0.232 e. The van der Waals surface area contributed by atoms with Crippen LogP contribution in [-0.4, -0.2) is 20.1 Å². The van der Waals surface area contributed by atoms with Gasteiger partial charge in [0, 0.05) is 16.6 Å². The Morgan fingerprint density at radius 3 is 1.67 bits per heavy atom. The molecule has 12 heavy (non-hydrogen) atoms. The Labute approximate surface area is 84.7 Å². The second kappa shape index (κ2) is 9.62. The molecule has 0 aromatic carbocycles. The van der Waals surface area contributed by atoms with Gasteiger partial charge in [0.15, 0.2) is 0 Å². The molecule has 5 heteroatoms. The van der Waals surface area contributed by atoms with Crippen molar-refractivity contribution in [2.45, 2.75) is 33.1 Å². The molecule has 0 amide bonds. The van der Waals surface area contributed by atoms with Gasteiger partial charge in [0.2, 0.25) is 9.05 Å². The predicted molar refractivity (Wildman–Crippen MR) is 55.6 cm³/mol. The van der Waals surface area contributed by atoms with Crippen molar-refractivity contribution < 1.29 is 8.42 Å². The van der Waals surface area contributed by atoms with Crippen molar-refractivity contribution in [2.24, 2.45) is 0 Å². The first-order chi connectivity index (χ1) is 5.47. The number of halogens is 2. The third kappa shape index (κ3) is 22.4. The fourth-order valence-electron chi connectivity index (χ4n) is 0.344. The van der Waals surface area contributed by atoms with E-state index in [4.69, 9.17) is 11.6 Å². The highest BCUT2D eigenvalue weighted by atomic mass is 35.7. The lowest BCUT2D eigenvalue weighted by atomic mass is 10.3. The standard InChI is InChI=1S/C5H11Cl.C2H5ClO2S/c1-2-3-4-5-6;1-2-6(3,4)5/h2-5H2,1H3;2H2,1H3. The van der Waals surface area contributed by atoms with E-state index in [1.54, 1.807) is 0 Å². The first-order valence-electron chi connectivity index (χ1n) is 3.96. The molecule has 0 radical (unpaired) electrons. The first-order valence-corrected chi connectivity index (χ1v) is 6.97. The van der Waals surface area contributed by atoms with Crippen LogP contribution in [0.5, 0.6) is 0 Å². The van der Waals surface area contributed by atoms with Gasteiger partial charge < -0.3 is 0 Å². The van der Waals surface area contributed by atoms with Crippen molar-refractivity contribution >= 4 is 31.3 Å². The molecule has 0 fully saturated rings. The molecule has 0 spiro atoms. The van der Waals surface area contributed by atoms with Gasteiger partial charge in [0.25, 0.3) is 0 Å². The minimum atomic E-state index is -3.19. The van der Waals surface area contributed by atoms with Crippen molar-refractivity contribution in [1.29, 1.82) is 0 Å². The number of hydrogen-bond donors (Lipinski definition) is 0. The summed E-state index contributed by atoms with van der Waals surface area (Å²) in [5.41, 5.74) is 0. The number of unbranched alkanes of at least 4 members (excludes halogenated alkanes) is 2. The van der Waals surface area contributed by atoms with E-state index in [-0.39, 0.29) is 5.75 Å². The van der Waals surface area contributed by atoms with Gasteiger partial charge in [-0.3, -0.25) is 0 Å². The Morgan fingerprint density at radius 1 is 1.17 bits per heavy atom. The van der Waals surface area contributed by atoms with Gasteiger partial charge in [0.1, 0.15) is 0 Å². The topological polar surface area (TPSA) is 34.1 Å². The number of hydrogen-bond acceptors (Lipinski definition) is 2. The fraction of sp³-hybridized carbons (Fsp3) is 1.00. The Balaban J connectivity index is 0. The summed E-state index contributed by atoms with van der Waals surface area (Å²) in [5, 5.41) is 0. The van der Waals surface area contributed by atoms with Crippen molar-refractivity contribution in [3.05, 3.63) is 0 Å². The van der Waals surface area contributed by atoms with Gasteiger partial charge in [0.05, 0.1) is 5.75 Å². The molecule has 0 aliphatic carbocycles. The number of alkyl halides is 1. The quantitative estimate of drug-likeness (QED) is 0.426. The maximum absolute atomic E-state index is 9.77. The molecule has 0 aromatic heterocycles. The zero-order valence-electron chi connectivity index (χ0n) is 7.52. The van der Waals surface area contributed by atoms with Crippen LogP contribution in [0, 0.1) is 0 Å². The first kappa shape index (κ1) is 15.0. The van der Waals surface area contributed by atoms with Crippen LogP contribution in [0.4, 0.5) is 0 Å². The maximum Gasteiger partial charge on any atom is 0.232 e. The summed E-state index contributed by atoms with van der Waals surface area (Å²) in [5.74, 6) is 0.836. The third-order valence-electron chi connectivity index (χ3n) is 1.08. The van der Waals surface area contributed by atoms with Crippen LogP contribution in [0.1, 0.15) is 33.1 Å². The summed E-state index contributed by atoms with van der Waals surface area (Å²) in [7, 11) is 1.50. The van der Waals surface area contributed by atoms with Crippen LogP contribution in [0.15, 0.2) is 0 Å². The SMILES string of the molecule is CCCCCCl.CCS(=O)(=O)Cl. The highest BCUT2D eigenvalue weighted by Gasteiger charge is 1.94. The third-order valence-corrected chi connectivity index (χ3v) is 2.69. The van der Waals surface area contributed by atoms with Gasteiger partial charge >= 0.3 is 0 Å². The lowest BCUT2D eigenvalue weighted by molar-refractivity contribution is 0.610. The second-order valence-electron chi connectivity index (χ2n) is 2.22. The molecule has 0 aromatic rings. The second-order valence-corrected chi connectivity index (χ2v) is 5.67. The number of rotatable bonds is 4. The molecule has 0 aliphatic heterocycles. The van der Waals surface area contributed by atoms with Crippen LogP contribution in [0.25, 0.3) is 0 Å². The molecule has 0 saturated heterocycles. The van der Waals surface area contributed by atoms with Crippen molar-refractivity contribution in [3.63, 3.8) is 0 Å². The van der Waals surface area contributed by atoms with Crippen LogP contribution in [0.2, 0.25) is 0 Å². The summed E-state index contributed by atoms with van der Waals surface area (Å²) in [4.78, 5) is 0. The fourth-order valence-corrected chi connectivity index (χ4v) is 0.533. The van der Waals surface area contributed by atoms with Gasteiger partial charge in [-0.05, 0) is 6.42 Å². The smallest absolute Gasteiger partial charge is 0.212 e. The lowest BCUT2D eigenvalue weighted by Crippen LogP contribution is -1.88. The molecule has 0 heterocycles. The van der Waals surface area contributed by atoms with Crippen LogP contribution < -0.4 is 0 Å². The average Bonchev–Trinajstić information content (AvgIpc) is 2.01. The van der Waals surface area contributed by atoms with Crippen molar-refractivity contribution in [2.75, 3.05) is 11.6 Å². The van der Waals surface area contributed by atoms with E-state index in [0.29, 0.717) is 0 Å². The van der Waals surface area contributed by atoms with Crippen molar-refractivity contribution in [3.8, 4) is 0 Å². The molecule has 0 unspecified atom stereocenters. The molecule has 0 saturated carbocycles. The molecule has 0 bridgehead atoms. The van der Waals surface area contributed by atoms with E-state index in [9.17, 15) is 8.42 Å². The van der Waals surface area contributed by atoms with E-state index >= 15 is 0 Å². The van der Waals surface area contributed by atoms with Crippen LogP contribution >= 0.6 is 22.3 Å². The average molecular weight is 235 g/mol. The Hall–Kier alpha value is 0.530. The predicted octanol–water partition coefficient (Wildman–Crippen LogP) is 2.99. The highest BCUT2D eigenvalue weighted by Crippen LogP contribution is 1.93. The monoisotopic (exact) mass is 234 g/mol. The molecule has 2 nitrogen and oxygen atoms in total. The minimum Gasteiger partial charge on any atom is -0.212 e. The summed E-state index contributed by atoms with van der Waals surface area (Å²) in [6.07, 6.45) is 3.73. The Morgan fingerprint density at radius 2 is 1.58 bits per heavy atom. The summed E-state index contributed by atoms with van der Waals surface area (Å²) in [6.45, 7) is 3.66. The summed E-state index contributed by atoms with van der Waals surface area (Å²) in [6, 6.07) is 0. The van der Waals surface area contributed by atoms with E-state index in [2.05, 4.69) is 17.6 Å². The molecular weight excluding hydrogens is 219 g/mol. The van der Waals surface area contributed by atoms with E-state index < -0.39 is 9.05 Å². The Kier molecular flexibility index (Phi) is 12.0.